The number of rotatable bonds is 4. The average molecular weight is 423 g/mol. The van der Waals surface area contributed by atoms with Crippen LogP contribution in [0.15, 0.2) is 35.2 Å². The molecule has 0 aliphatic rings. The van der Waals surface area contributed by atoms with Crippen molar-refractivity contribution in [3.63, 3.8) is 0 Å². The standard InChI is InChI=1S/C11H9Cl5N4OS/c12-22(13,14,15,16)8-4-2-1-3-7(8)18-10-5-9(17)19-11(6-21)20-10/h1-6H,(H3,17,18,19,20). The monoisotopic (exact) mass is 420 g/mol. The van der Waals surface area contributed by atoms with Crippen LogP contribution in [0.4, 0.5) is 17.3 Å². The van der Waals surface area contributed by atoms with Crippen LogP contribution in [-0.4, -0.2) is 16.3 Å². The van der Waals surface area contributed by atoms with E-state index in [9.17, 15) is 4.79 Å². The molecule has 11 heteroatoms. The molecule has 5 nitrogen and oxygen atoms in total. The number of carbonyl (C=O) groups excluding carboxylic acids is 1. The van der Waals surface area contributed by atoms with E-state index in [0.29, 0.717) is 12.0 Å². The van der Waals surface area contributed by atoms with Crippen molar-refractivity contribution in [2.75, 3.05) is 11.1 Å². The quantitative estimate of drug-likeness (QED) is 0.625. The van der Waals surface area contributed by atoms with Gasteiger partial charge in [-0.25, -0.2) is 9.97 Å². The number of carbonyl (C=O) groups is 1. The molecule has 1 heterocycles. The molecule has 1 aromatic carbocycles. The molecule has 0 bridgehead atoms. The number of nitrogens with zero attached hydrogens (tertiary/aromatic N) is 2. The lowest BCUT2D eigenvalue weighted by molar-refractivity contribution is 0.111. The number of anilines is 3. The van der Waals surface area contributed by atoms with E-state index < -0.39 is 4.36 Å². The molecule has 0 atom stereocenters. The van der Waals surface area contributed by atoms with Crippen molar-refractivity contribution in [1.82, 2.24) is 9.97 Å². The summed E-state index contributed by atoms with van der Waals surface area (Å²) in [6.45, 7) is 0. The highest BCUT2D eigenvalue weighted by Gasteiger charge is 2.55. The summed E-state index contributed by atoms with van der Waals surface area (Å²) in [5.74, 6) is 0.232. The number of benzene rings is 1. The third-order valence-corrected chi connectivity index (χ3v) is 6.11. The molecule has 22 heavy (non-hydrogen) atoms. The fourth-order valence-electron chi connectivity index (χ4n) is 1.65. The molecule has 0 saturated carbocycles. The second kappa shape index (κ2) is 5.19. The van der Waals surface area contributed by atoms with Crippen LogP contribution in [0.2, 0.25) is 0 Å². The first-order valence-electron chi connectivity index (χ1n) is 5.59. The van der Waals surface area contributed by atoms with Crippen molar-refractivity contribution >= 4 is 81.4 Å². The first-order chi connectivity index (χ1) is 9.89. The van der Waals surface area contributed by atoms with Crippen molar-refractivity contribution in [2.45, 2.75) is 4.90 Å². The lowest BCUT2D eigenvalue weighted by Gasteiger charge is -2.51. The maximum absolute atomic E-state index is 10.8. The number of halogens is 5. The molecule has 2 aromatic rings. The van der Waals surface area contributed by atoms with Gasteiger partial charge in [-0.2, -0.15) is 0 Å². The Kier molecular flexibility index (Phi) is 4.18. The minimum absolute atomic E-state index is 0.0701. The van der Waals surface area contributed by atoms with Crippen LogP contribution < -0.4 is 11.1 Å². The number of para-hydroxylation sites is 1. The minimum atomic E-state index is -5.03. The van der Waals surface area contributed by atoms with Crippen LogP contribution in [0.1, 0.15) is 10.6 Å². The zero-order valence-corrected chi connectivity index (χ0v) is 15.2. The lowest BCUT2D eigenvalue weighted by Crippen LogP contribution is -2.06. The fraction of sp³-hybridized carbons (Fsp3) is 0. The van der Waals surface area contributed by atoms with Gasteiger partial charge in [0.2, 0.25) is 0 Å². The van der Waals surface area contributed by atoms with Gasteiger partial charge in [-0.05, 0) is 65.5 Å². The van der Waals surface area contributed by atoms with E-state index in [4.69, 9.17) is 59.1 Å². The zero-order valence-electron chi connectivity index (χ0n) is 10.6. The van der Waals surface area contributed by atoms with Gasteiger partial charge in [0.25, 0.3) is 0 Å². The predicted octanol–water partition coefficient (Wildman–Crippen LogP) is 5.62. The molecule has 0 unspecified atom stereocenters. The smallest absolute Gasteiger partial charge is 0.196 e. The van der Waals surface area contributed by atoms with Crippen molar-refractivity contribution in [3.8, 4) is 0 Å². The van der Waals surface area contributed by atoms with Gasteiger partial charge in [-0.3, -0.25) is 4.79 Å². The van der Waals surface area contributed by atoms with E-state index >= 15 is 0 Å². The Bertz CT molecular complexity index is 750. The predicted molar refractivity (Wildman–Crippen MR) is 96.7 cm³/mol. The molecular formula is C11H9Cl5N4OS. The number of aldehydes is 1. The molecule has 0 spiro atoms. The van der Waals surface area contributed by atoms with Gasteiger partial charge in [-0.15, -0.1) is 0 Å². The molecule has 3 N–H and O–H groups in total. The number of aromatic nitrogens is 2. The summed E-state index contributed by atoms with van der Waals surface area (Å²) >= 11 is 0. The Hall–Kier alpha value is -0.630. The van der Waals surface area contributed by atoms with Crippen LogP contribution in [0, 0.1) is 0 Å². The van der Waals surface area contributed by atoms with Crippen LogP contribution in [0.3, 0.4) is 0 Å². The molecule has 0 amide bonds. The summed E-state index contributed by atoms with van der Waals surface area (Å²) in [5, 5.41) is 2.86. The molecule has 0 aliphatic carbocycles. The molecule has 1 aromatic heterocycles. The van der Waals surface area contributed by atoms with Gasteiger partial charge in [0.15, 0.2) is 12.1 Å². The molecule has 0 saturated heterocycles. The molecular weight excluding hydrogens is 413 g/mol. The highest BCUT2D eigenvalue weighted by atomic mass is 36.6. The van der Waals surface area contributed by atoms with Crippen molar-refractivity contribution < 1.29 is 4.79 Å². The van der Waals surface area contributed by atoms with Gasteiger partial charge in [0, 0.05) is 10.4 Å². The highest BCUT2D eigenvalue weighted by molar-refractivity contribution is 9.23. The summed E-state index contributed by atoms with van der Waals surface area (Å²) in [6, 6.07) is 7.76. The second-order valence-corrected chi connectivity index (χ2v) is 22.9. The maximum atomic E-state index is 10.8. The van der Waals surface area contributed by atoms with Crippen LogP contribution in [0.5, 0.6) is 0 Å². The van der Waals surface area contributed by atoms with Crippen LogP contribution >= 0.6 is 57.8 Å². The molecule has 0 fully saturated rings. The number of nitrogens with two attached hydrogens (primary N) is 1. The first-order valence-corrected chi connectivity index (χ1v) is 12.2. The lowest BCUT2D eigenvalue weighted by atomic mass is 10.3. The van der Waals surface area contributed by atoms with Crippen molar-refractivity contribution in [3.05, 3.63) is 36.2 Å². The van der Waals surface area contributed by atoms with E-state index in [-0.39, 0.29) is 22.4 Å². The number of nitrogens with one attached hydrogen (secondary N) is 1. The van der Waals surface area contributed by atoms with Gasteiger partial charge in [0.05, 0.1) is 10.6 Å². The zero-order chi connectivity index (χ0) is 16.7. The van der Waals surface area contributed by atoms with Crippen molar-refractivity contribution in [2.24, 2.45) is 0 Å². The Labute approximate surface area is 147 Å². The van der Waals surface area contributed by atoms with E-state index in [1.807, 2.05) is 0 Å². The maximum Gasteiger partial charge on any atom is 0.196 e. The molecule has 0 aliphatic heterocycles. The molecule has 120 valence electrons. The highest BCUT2D eigenvalue weighted by Crippen LogP contribution is 3.13. The first kappa shape index (κ1) is 17.7. The number of hydrogen-bond acceptors (Lipinski definition) is 5. The topological polar surface area (TPSA) is 80.9 Å². The van der Waals surface area contributed by atoms with Gasteiger partial charge in [0.1, 0.15) is 11.6 Å². The van der Waals surface area contributed by atoms with Crippen LogP contribution in [0.25, 0.3) is 0 Å². The number of hydrogen-bond donors (Lipinski definition) is 2. The van der Waals surface area contributed by atoms with Crippen LogP contribution in [-0.2, 0) is 0 Å². The molecule has 0 radical (unpaired) electrons. The van der Waals surface area contributed by atoms with Crippen molar-refractivity contribution in [1.29, 1.82) is 0 Å². The SMILES string of the molecule is Nc1cc(Nc2ccccc2S(Cl)(Cl)(Cl)(Cl)Cl)nc(C=O)n1. The summed E-state index contributed by atoms with van der Waals surface area (Å²) in [7, 11) is 30.3. The van der Waals surface area contributed by atoms with E-state index in [1.165, 1.54) is 12.1 Å². The second-order valence-electron chi connectivity index (χ2n) is 4.24. The summed E-state index contributed by atoms with van der Waals surface area (Å²) in [6.07, 6.45) is 0.460. The fourth-order valence-corrected chi connectivity index (χ4v) is 4.54. The van der Waals surface area contributed by atoms with Gasteiger partial charge >= 0.3 is 0 Å². The van der Waals surface area contributed by atoms with Gasteiger partial charge in [-0.1, -0.05) is 12.1 Å². The third kappa shape index (κ3) is 4.44. The Morgan fingerprint density at radius 1 is 1.09 bits per heavy atom. The van der Waals surface area contributed by atoms with E-state index in [1.54, 1.807) is 18.2 Å². The summed E-state index contributed by atoms with van der Waals surface area (Å²) in [5.41, 5.74) is 5.90. The normalized spacial score (nSPS) is 14.8. The van der Waals surface area contributed by atoms with E-state index in [2.05, 4.69) is 15.3 Å². The third-order valence-electron chi connectivity index (χ3n) is 2.43. The molecule has 2 rings (SSSR count). The minimum Gasteiger partial charge on any atom is -0.384 e. The largest absolute Gasteiger partial charge is 0.384 e. The van der Waals surface area contributed by atoms with Gasteiger partial charge < -0.3 is 11.1 Å². The summed E-state index contributed by atoms with van der Waals surface area (Å²) in [4.78, 5) is 18.5. The van der Waals surface area contributed by atoms with E-state index in [0.717, 1.165) is 0 Å². The Balaban J connectivity index is 2.53. The Morgan fingerprint density at radius 2 is 1.73 bits per heavy atom. The Morgan fingerprint density at radius 3 is 2.32 bits per heavy atom. The number of nitrogen functional groups attached to an aromatic ring is 1. The average Bonchev–Trinajstić information content (AvgIpc) is 2.35. The summed E-state index contributed by atoms with van der Waals surface area (Å²) < 4.78 is -5.03.